The fraction of sp³-hybridized carbons (Fsp3) is 0.800. The van der Waals surface area contributed by atoms with Crippen LogP contribution in [0.3, 0.4) is 0 Å². The number of carbonyl (C=O) groups is 2. The van der Waals surface area contributed by atoms with Crippen LogP contribution in [0.2, 0.25) is 0 Å². The third-order valence-electron chi connectivity index (χ3n) is 2.96. The minimum atomic E-state index is -0.960. The summed E-state index contributed by atoms with van der Waals surface area (Å²) in [6.07, 6.45) is 2.80. The molecule has 0 unspecified atom stereocenters. The van der Waals surface area contributed by atoms with Crippen LogP contribution in [0.5, 0.6) is 0 Å². The lowest BCUT2D eigenvalue weighted by molar-refractivity contribution is -0.121. The summed E-state index contributed by atoms with van der Waals surface area (Å²) in [5, 5.41) is 10.8. The van der Waals surface area contributed by atoms with Crippen molar-refractivity contribution in [3.8, 4) is 0 Å². The smallest absolute Gasteiger partial charge is 0.404 e. The summed E-state index contributed by atoms with van der Waals surface area (Å²) in [6, 6.07) is 0. The van der Waals surface area contributed by atoms with E-state index in [0.717, 1.165) is 25.7 Å². The molecule has 0 aliphatic heterocycles. The van der Waals surface area contributed by atoms with Gasteiger partial charge in [0.05, 0.1) is 0 Å². The lowest BCUT2D eigenvalue weighted by Crippen LogP contribution is -2.31. The minimum Gasteiger partial charge on any atom is -0.465 e. The summed E-state index contributed by atoms with van der Waals surface area (Å²) in [5.74, 6) is 0.910. The Balaban J connectivity index is 2.22. The molecule has 0 bridgehead atoms. The van der Waals surface area contributed by atoms with Gasteiger partial charge in [-0.25, -0.2) is 4.79 Å². The third kappa shape index (κ3) is 3.36. The van der Waals surface area contributed by atoms with Crippen LogP contribution in [0.4, 0.5) is 4.79 Å². The lowest BCUT2D eigenvalue weighted by Gasteiger charge is -2.26. The van der Waals surface area contributed by atoms with Crippen LogP contribution in [0.15, 0.2) is 0 Å². The van der Waals surface area contributed by atoms with E-state index in [9.17, 15) is 9.59 Å². The number of amides is 1. The normalized spacial score (nSPS) is 26.9. The van der Waals surface area contributed by atoms with E-state index >= 15 is 0 Å². The van der Waals surface area contributed by atoms with Gasteiger partial charge in [0.25, 0.3) is 0 Å². The van der Waals surface area contributed by atoms with E-state index in [1.165, 1.54) is 0 Å². The Hall–Kier alpha value is -1.06. The van der Waals surface area contributed by atoms with Crippen LogP contribution in [0.1, 0.15) is 32.6 Å². The van der Waals surface area contributed by atoms with Crippen molar-refractivity contribution in [2.75, 3.05) is 6.54 Å². The summed E-state index contributed by atoms with van der Waals surface area (Å²) in [6.45, 7) is 2.17. The van der Waals surface area contributed by atoms with Gasteiger partial charge in [-0.05, 0) is 38.5 Å². The number of rotatable bonds is 3. The van der Waals surface area contributed by atoms with Gasteiger partial charge in [-0.15, -0.1) is 0 Å². The highest BCUT2D eigenvalue weighted by molar-refractivity contribution is 5.78. The molecule has 1 saturated carbocycles. The maximum atomic E-state index is 11.1. The van der Waals surface area contributed by atoms with E-state index < -0.39 is 6.09 Å². The van der Waals surface area contributed by atoms with Gasteiger partial charge in [-0.3, -0.25) is 4.79 Å². The Morgan fingerprint density at radius 3 is 2.29 bits per heavy atom. The van der Waals surface area contributed by atoms with Crippen molar-refractivity contribution in [1.82, 2.24) is 5.32 Å². The molecule has 4 nitrogen and oxygen atoms in total. The van der Waals surface area contributed by atoms with Crippen LogP contribution in [-0.4, -0.2) is 23.5 Å². The number of ketones is 1. The first-order valence-electron chi connectivity index (χ1n) is 5.07. The quantitative estimate of drug-likeness (QED) is 0.726. The average molecular weight is 199 g/mol. The van der Waals surface area contributed by atoms with Crippen molar-refractivity contribution in [1.29, 1.82) is 0 Å². The number of Topliss-reactive ketones (excluding diaryl/α,β-unsaturated/α-hetero) is 1. The molecule has 0 spiro atoms. The SMILES string of the molecule is CC(=O)[C@H]1CC[C@H](CNC(=O)O)CC1. The van der Waals surface area contributed by atoms with Gasteiger partial charge < -0.3 is 10.4 Å². The van der Waals surface area contributed by atoms with Gasteiger partial charge in [0, 0.05) is 12.5 Å². The highest BCUT2D eigenvalue weighted by Gasteiger charge is 2.23. The fourth-order valence-electron chi connectivity index (χ4n) is 2.00. The lowest BCUT2D eigenvalue weighted by atomic mass is 9.80. The molecule has 14 heavy (non-hydrogen) atoms. The molecule has 1 rings (SSSR count). The average Bonchev–Trinajstić information content (AvgIpc) is 2.15. The first-order valence-corrected chi connectivity index (χ1v) is 5.07. The Morgan fingerprint density at radius 1 is 1.29 bits per heavy atom. The first kappa shape index (κ1) is 11.0. The van der Waals surface area contributed by atoms with Crippen LogP contribution in [0.25, 0.3) is 0 Å². The van der Waals surface area contributed by atoms with Crippen LogP contribution in [0, 0.1) is 11.8 Å². The van der Waals surface area contributed by atoms with Crippen LogP contribution in [-0.2, 0) is 4.79 Å². The van der Waals surface area contributed by atoms with Gasteiger partial charge in [0.15, 0.2) is 0 Å². The van der Waals surface area contributed by atoms with Crippen molar-refractivity contribution < 1.29 is 14.7 Å². The first-order chi connectivity index (χ1) is 6.59. The molecule has 0 heterocycles. The van der Waals surface area contributed by atoms with E-state index in [2.05, 4.69) is 5.32 Å². The number of hydrogen-bond donors (Lipinski definition) is 2. The highest BCUT2D eigenvalue weighted by Crippen LogP contribution is 2.28. The molecule has 2 N–H and O–H groups in total. The minimum absolute atomic E-state index is 0.219. The van der Waals surface area contributed by atoms with Gasteiger partial charge in [0.2, 0.25) is 0 Å². The molecule has 80 valence electrons. The van der Waals surface area contributed by atoms with Crippen molar-refractivity contribution in [3.05, 3.63) is 0 Å². The second kappa shape index (κ2) is 4.98. The molecule has 1 fully saturated rings. The van der Waals surface area contributed by atoms with Crippen molar-refractivity contribution >= 4 is 11.9 Å². The summed E-state index contributed by atoms with van der Waals surface area (Å²) < 4.78 is 0. The second-order valence-corrected chi connectivity index (χ2v) is 4.01. The van der Waals surface area contributed by atoms with E-state index in [4.69, 9.17) is 5.11 Å². The molecule has 0 aromatic rings. The summed E-state index contributed by atoms with van der Waals surface area (Å²) in [5.41, 5.74) is 0. The second-order valence-electron chi connectivity index (χ2n) is 4.01. The van der Waals surface area contributed by atoms with Gasteiger partial charge >= 0.3 is 6.09 Å². The Kier molecular flexibility index (Phi) is 3.92. The van der Waals surface area contributed by atoms with Gasteiger partial charge in [0.1, 0.15) is 5.78 Å². The molecule has 0 atom stereocenters. The van der Waals surface area contributed by atoms with E-state index in [1.54, 1.807) is 6.92 Å². The zero-order chi connectivity index (χ0) is 10.6. The summed E-state index contributed by atoms with van der Waals surface area (Å²) in [4.78, 5) is 21.3. The molecule has 0 aromatic carbocycles. The molecule has 1 aliphatic rings. The maximum Gasteiger partial charge on any atom is 0.404 e. The summed E-state index contributed by atoms with van der Waals surface area (Å²) in [7, 11) is 0. The Bertz CT molecular complexity index is 219. The van der Waals surface area contributed by atoms with Gasteiger partial charge in [-0.1, -0.05) is 0 Å². The van der Waals surface area contributed by atoms with Crippen molar-refractivity contribution in [2.24, 2.45) is 11.8 Å². The number of carboxylic acid groups (broad SMARTS) is 1. The third-order valence-corrected chi connectivity index (χ3v) is 2.96. The molecule has 0 aromatic heterocycles. The molecule has 1 amide bonds. The Morgan fingerprint density at radius 2 is 1.86 bits per heavy atom. The predicted octanol–water partition coefficient (Wildman–Crippen LogP) is 1.65. The van der Waals surface area contributed by atoms with E-state index in [0.29, 0.717) is 12.5 Å². The Labute approximate surface area is 83.7 Å². The highest BCUT2D eigenvalue weighted by atomic mass is 16.4. The topological polar surface area (TPSA) is 66.4 Å². The van der Waals surface area contributed by atoms with E-state index in [1.807, 2.05) is 0 Å². The molecule has 0 radical (unpaired) electrons. The van der Waals surface area contributed by atoms with Gasteiger partial charge in [-0.2, -0.15) is 0 Å². The predicted molar refractivity (Wildman–Crippen MR) is 52.2 cm³/mol. The fourth-order valence-corrected chi connectivity index (χ4v) is 2.00. The number of nitrogens with one attached hydrogen (secondary N) is 1. The maximum absolute atomic E-state index is 11.1. The van der Waals surface area contributed by atoms with Crippen LogP contribution < -0.4 is 5.32 Å². The van der Waals surface area contributed by atoms with Crippen molar-refractivity contribution in [2.45, 2.75) is 32.6 Å². The molecule has 1 aliphatic carbocycles. The van der Waals surface area contributed by atoms with E-state index in [-0.39, 0.29) is 11.7 Å². The molecule has 0 saturated heterocycles. The van der Waals surface area contributed by atoms with Crippen molar-refractivity contribution in [3.63, 3.8) is 0 Å². The number of carbonyl (C=O) groups excluding carboxylic acids is 1. The molecule has 4 heteroatoms. The molecular formula is C10H17NO3. The largest absolute Gasteiger partial charge is 0.465 e. The zero-order valence-corrected chi connectivity index (χ0v) is 8.45. The molecular weight excluding hydrogens is 182 g/mol. The summed E-state index contributed by atoms with van der Waals surface area (Å²) >= 11 is 0. The monoisotopic (exact) mass is 199 g/mol. The van der Waals surface area contributed by atoms with Crippen LogP contribution >= 0.6 is 0 Å². The zero-order valence-electron chi connectivity index (χ0n) is 8.45. The standard InChI is InChI=1S/C10H17NO3/c1-7(12)9-4-2-8(3-5-9)6-11-10(13)14/h8-9,11H,2-6H2,1H3,(H,13,14)/t8-,9-. The number of hydrogen-bond acceptors (Lipinski definition) is 2.